The molecule has 5 aromatic rings. The zero-order valence-corrected chi connectivity index (χ0v) is 16.4. The van der Waals surface area contributed by atoms with Crippen LogP contribution in [0.3, 0.4) is 0 Å². The van der Waals surface area contributed by atoms with E-state index < -0.39 is 0 Å². The van der Waals surface area contributed by atoms with E-state index in [9.17, 15) is 4.39 Å². The minimum Gasteiger partial charge on any atom is -0.497 e. The van der Waals surface area contributed by atoms with Gasteiger partial charge in [-0.2, -0.15) is 0 Å². The van der Waals surface area contributed by atoms with Gasteiger partial charge in [-0.15, -0.1) is 0 Å². The number of nitrogens with one attached hydrogen (secondary N) is 1. The van der Waals surface area contributed by atoms with Gasteiger partial charge in [0.15, 0.2) is 17.4 Å². The number of hydrogen-bond donors (Lipinski definition) is 1. The fourth-order valence-corrected chi connectivity index (χ4v) is 3.16. The Morgan fingerprint density at radius 1 is 0.968 bits per heavy atom. The molecule has 0 spiro atoms. The monoisotopic (exact) mass is 413 g/mol. The Labute approximate surface area is 176 Å². The zero-order chi connectivity index (χ0) is 21.2. The molecular weight excluding hydrogens is 397 g/mol. The molecule has 0 radical (unpaired) electrons. The first-order chi connectivity index (χ1) is 15.2. The van der Waals surface area contributed by atoms with Crippen LogP contribution in [0.4, 0.5) is 16.0 Å². The van der Waals surface area contributed by atoms with Crippen LogP contribution in [-0.2, 0) is 0 Å². The summed E-state index contributed by atoms with van der Waals surface area (Å²) in [4.78, 5) is 13.5. The number of pyridine rings is 1. The lowest BCUT2D eigenvalue weighted by Crippen LogP contribution is -2.00. The van der Waals surface area contributed by atoms with Crippen molar-refractivity contribution >= 4 is 22.5 Å². The lowest BCUT2D eigenvalue weighted by Gasteiger charge is -2.10. The van der Waals surface area contributed by atoms with E-state index in [-0.39, 0.29) is 5.82 Å². The van der Waals surface area contributed by atoms with E-state index in [2.05, 4.69) is 25.4 Å². The van der Waals surface area contributed by atoms with Gasteiger partial charge in [0.05, 0.1) is 12.6 Å². The van der Waals surface area contributed by atoms with E-state index in [1.807, 2.05) is 30.3 Å². The van der Waals surface area contributed by atoms with Gasteiger partial charge in [0, 0.05) is 35.0 Å². The number of anilines is 2. The van der Waals surface area contributed by atoms with Crippen molar-refractivity contribution in [3.8, 4) is 28.5 Å². The first-order valence-electron chi connectivity index (χ1n) is 9.45. The smallest absolute Gasteiger partial charge is 0.175 e. The van der Waals surface area contributed by atoms with Gasteiger partial charge >= 0.3 is 0 Å². The van der Waals surface area contributed by atoms with E-state index >= 15 is 0 Å². The van der Waals surface area contributed by atoms with Crippen molar-refractivity contribution in [3.05, 3.63) is 78.9 Å². The molecule has 5 rings (SSSR count). The molecule has 8 heteroatoms. The summed E-state index contributed by atoms with van der Waals surface area (Å²) in [5.74, 6) is 2.40. The number of nitrogens with zero attached hydrogens (tertiary/aromatic N) is 4. The van der Waals surface area contributed by atoms with Crippen LogP contribution >= 0.6 is 0 Å². The molecule has 0 saturated carbocycles. The van der Waals surface area contributed by atoms with Gasteiger partial charge in [-0.3, -0.25) is 4.98 Å². The minimum atomic E-state index is -0.314. The maximum atomic E-state index is 13.2. The molecule has 0 aliphatic heterocycles. The molecule has 2 aromatic carbocycles. The fourth-order valence-electron chi connectivity index (χ4n) is 3.16. The topological polar surface area (TPSA) is 86.0 Å². The summed E-state index contributed by atoms with van der Waals surface area (Å²) < 4.78 is 24.0. The molecule has 0 bridgehead atoms. The van der Waals surface area contributed by atoms with Gasteiger partial charge < -0.3 is 14.6 Å². The molecule has 0 aliphatic rings. The summed E-state index contributed by atoms with van der Waals surface area (Å²) in [5.41, 5.74) is 2.24. The molecule has 3 aromatic heterocycles. The molecule has 31 heavy (non-hydrogen) atoms. The normalized spacial score (nSPS) is 10.9. The number of rotatable bonds is 5. The Kier molecular flexibility index (Phi) is 4.72. The molecule has 0 aliphatic carbocycles. The third kappa shape index (κ3) is 3.78. The Bertz CT molecular complexity index is 1350. The van der Waals surface area contributed by atoms with Gasteiger partial charge in [-0.1, -0.05) is 5.16 Å². The molecule has 0 saturated heterocycles. The second kappa shape index (κ2) is 7.83. The predicted molar refractivity (Wildman–Crippen MR) is 115 cm³/mol. The van der Waals surface area contributed by atoms with E-state index in [0.29, 0.717) is 34.5 Å². The Hall–Kier alpha value is -4.33. The second-order valence-electron chi connectivity index (χ2n) is 6.73. The number of aromatic nitrogens is 4. The molecule has 1 N–H and O–H groups in total. The molecule has 0 amide bonds. The standard InChI is InChI=1S/C23H16FN5O2/c1-30-17-8-9-19-18(11-17)23(28-22(26-19)15-3-2-10-25-13-15)27-21-12-20(31-29-21)14-4-6-16(24)7-5-14/h2-13H,1H3,(H,26,27,28,29). The molecule has 0 atom stereocenters. The third-order valence-corrected chi connectivity index (χ3v) is 4.71. The lowest BCUT2D eigenvalue weighted by molar-refractivity contribution is 0.415. The van der Waals surface area contributed by atoms with Crippen LogP contribution in [0.2, 0.25) is 0 Å². The maximum Gasteiger partial charge on any atom is 0.175 e. The first kappa shape index (κ1) is 18.7. The molecule has 0 fully saturated rings. The number of benzene rings is 2. The first-order valence-corrected chi connectivity index (χ1v) is 9.45. The number of ether oxygens (including phenoxy) is 1. The molecular formula is C23H16FN5O2. The molecule has 7 nitrogen and oxygen atoms in total. The molecule has 152 valence electrons. The summed E-state index contributed by atoms with van der Waals surface area (Å²) in [6.45, 7) is 0. The average molecular weight is 413 g/mol. The average Bonchev–Trinajstić information content (AvgIpc) is 3.28. The summed E-state index contributed by atoms with van der Waals surface area (Å²) in [6.07, 6.45) is 3.40. The van der Waals surface area contributed by atoms with Gasteiger partial charge in [0.25, 0.3) is 0 Å². The number of hydrogen-bond acceptors (Lipinski definition) is 7. The summed E-state index contributed by atoms with van der Waals surface area (Å²) in [5, 5.41) is 8.04. The number of halogens is 1. The van der Waals surface area contributed by atoms with Crippen molar-refractivity contribution < 1.29 is 13.7 Å². The Morgan fingerprint density at radius 3 is 2.61 bits per heavy atom. The zero-order valence-electron chi connectivity index (χ0n) is 16.4. The maximum absolute atomic E-state index is 13.2. The molecule has 0 unspecified atom stereocenters. The third-order valence-electron chi connectivity index (χ3n) is 4.71. The summed E-state index contributed by atoms with van der Waals surface area (Å²) in [6, 6.07) is 17.0. The van der Waals surface area contributed by atoms with Crippen LogP contribution in [0.15, 0.2) is 77.6 Å². The van der Waals surface area contributed by atoms with Crippen LogP contribution in [0.5, 0.6) is 5.75 Å². The SMILES string of the molecule is COc1ccc2nc(-c3cccnc3)nc(Nc3cc(-c4ccc(F)cc4)on3)c2c1. The highest BCUT2D eigenvalue weighted by atomic mass is 19.1. The Balaban J connectivity index is 1.57. The summed E-state index contributed by atoms with van der Waals surface area (Å²) >= 11 is 0. The van der Waals surface area contributed by atoms with Gasteiger partial charge in [-0.05, 0) is 54.6 Å². The van der Waals surface area contributed by atoms with Gasteiger partial charge in [0.2, 0.25) is 0 Å². The minimum absolute atomic E-state index is 0.314. The van der Waals surface area contributed by atoms with Crippen molar-refractivity contribution in [2.45, 2.75) is 0 Å². The van der Waals surface area contributed by atoms with Crippen LogP contribution < -0.4 is 10.1 Å². The summed E-state index contributed by atoms with van der Waals surface area (Å²) in [7, 11) is 1.60. The highest BCUT2D eigenvalue weighted by molar-refractivity contribution is 5.93. The van der Waals surface area contributed by atoms with Gasteiger partial charge in [0.1, 0.15) is 17.4 Å². The Morgan fingerprint density at radius 2 is 1.84 bits per heavy atom. The van der Waals surface area contributed by atoms with E-state index in [1.54, 1.807) is 37.7 Å². The van der Waals surface area contributed by atoms with Gasteiger partial charge in [-0.25, -0.2) is 14.4 Å². The van der Waals surface area contributed by atoms with Crippen molar-refractivity contribution in [2.24, 2.45) is 0 Å². The van der Waals surface area contributed by atoms with Crippen molar-refractivity contribution in [1.82, 2.24) is 20.1 Å². The molecule has 3 heterocycles. The second-order valence-corrected chi connectivity index (χ2v) is 6.73. The van der Waals surface area contributed by atoms with E-state index in [1.165, 1.54) is 12.1 Å². The van der Waals surface area contributed by atoms with Crippen molar-refractivity contribution in [3.63, 3.8) is 0 Å². The lowest BCUT2D eigenvalue weighted by atomic mass is 10.1. The van der Waals surface area contributed by atoms with Crippen LogP contribution in [0.25, 0.3) is 33.6 Å². The highest BCUT2D eigenvalue weighted by Crippen LogP contribution is 2.31. The van der Waals surface area contributed by atoms with Crippen molar-refractivity contribution in [2.75, 3.05) is 12.4 Å². The van der Waals surface area contributed by atoms with Crippen LogP contribution in [0, 0.1) is 5.82 Å². The van der Waals surface area contributed by atoms with Crippen LogP contribution in [-0.4, -0.2) is 27.2 Å². The number of fused-ring (bicyclic) bond motifs is 1. The van der Waals surface area contributed by atoms with E-state index in [0.717, 1.165) is 16.5 Å². The fraction of sp³-hybridized carbons (Fsp3) is 0.0435. The van der Waals surface area contributed by atoms with E-state index in [4.69, 9.17) is 9.26 Å². The predicted octanol–water partition coefficient (Wildman–Crippen LogP) is 5.24. The highest BCUT2D eigenvalue weighted by Gasteiger charge is 2.14. The van der Waals surface area contributed by atoms with Crippen LogP contribution in [0.1, 0.15) is 0 Å². The largest absolute Gasteiger partial charge is 0.497 e. The number of methoxy groups -OCH3 is 1. The quantitative estimate of drug-likeness (QED) is 0.422. The van der Waals surface area contributed by atoms with Crippen molar-refractivity contribution in [1.29, 1.82) is 0 Å².